The molecule has 1 atom stereocenters. The van der Waals surface area contributed by atoms with Gasteiger partial charge in [0.15, 0.2) is 0 Å². The van der Waals surface area contributed by atoms with E-state index < -0.39 is 0 Å². The zero-order valence-corrected chi connectivity index (χ0v) is 15.1. The van der Waals surface area contributed by atoms with Gasteiger partial charge in [-0.25, -0.2) is 0 Å². The number of piperidine rings is 1. The van der Waals surface area contributed by atoms with Crippen LogP contribution in [0.2, 0.25) is 5.02 Å². The summed E-state index contributed by atoms with van der Waals surface area (Å²) in [6, 6.07) is 3.66. The first-order valence-electron chi connectivity index (χ1n) is 8.65. The van der Waals surface area contributed by atoms with E-state index in [4.69, 9.17) is 16.3 Å². The highest BCUT2D eigenvalue weighted by molar-refractivity contribution is 6.31. The van der Waals surface area contributed by atoms with Crippen molar-refractivity contribution in [2.45, 2.75) is 26.2 Å². The number of carbonyl (C=O) groups is 2. The number of amides is 2. The van der Waals surface area contributed by atoms with E-state index in [0.717, 1.165) is 49.2 Å². The van der Waals surface area contributed by atoms with Crippen LogP contribution in [0.5, 0.6) is 0 Å². The van der Waals surface area contributed by atoms with Crippen LogP contribution in [-0.2, 0) is 14.3 Å². The molecule has 1 aromatic rings. The summed E-state index contributed by atoms with van der Waals surface area (Å²) in [4.78, 5) is 25.1. The van der Waals surface area contributed by atoms with Crippen LogP contribution in [-0.4, -0.2) is 43.5 Å². The zero-order chi connectivity index (χ0) is 17.8. The number of nitrogens with zero attached hydrogens (tertiary/aromatic N) is 1. The van der Waals surface area contributed by atoms with E-state index in [1.807, 2.05) is 17.9 Å². The molecule has 1 unspecified atom stereocenters. The fraction of sp³-hybridized carbons (Fsp3) is 0.474. The maximum Gasteiger partial charge on any atom is 0.228 e. The molecule has 2 heterocycles. The average Bonchev–Trinajstić information content (AvgIpc) is 3.14. The van der Waals surface area contributed by atoms with Crippen LogP contribution in [0, 0.1) is 12.8 Å². The molecule has 0 bridgehead atoms. The fourth-order valence-electron chi connectivity index (χ4n) is 3.43. The smallest absolute Gasteiger partial charge is 0.228 e. The number of ether oxygens (including phenoxy) is 1. The van der Waals surface area contributed by atoms with Gasteiger partial charge in [-0.2, -0.15) is 0 Å². The molecule has 1 aromatic carbocycles. The Kier molecular flexibility index (Phi) is 5.76. The Bertz CT molecular complexity index is 686. The summed E-state index contributed by atoms with van der Waals surface area (Å²) >= 11 is 6.16. The van der Waals surface area contributed by atoms with Crippen molar-refractivity contribution in [1.29, 1.82) is 0 Å². The first-order chi connectivity index (χ1) is 12.1. The SMILES string of the molecule is Cc1c(C=C2CCN(C(=O)C3CCOC3)CC2)cc(Cl)cc1NC=O. The Morgan fingerprint density at radius 3 is 2.76 bits per heavy atom. The number of likely N-dealkylation sites (tertiary alicyclic amines) is 1. The zero-order valence-electron chi connectivity index (χ0n) is 14.4. The molecule has 2 fully saturated rings. The molecule has 134 valence electrons. The highest BCUT2D eigenvalue weighted by Crippen LogP contribution is 2.29. The van der Waals surface area contributed by atoms with Crippen LogP contribution in [0.15, 0.2) is 17.7 Å². The number of nitrogens with one attached hydrogen (secondary N) is 1. The van der Waals surface area contributed by atoms with Gasteiger partial charge >= 0.3 is 0 Å². The molecule has 5 nitrogen and oxygen atoms in total. The number of anilines is 1. The van der Waals surface area contributed by atoms with Gasteiger partial charge in [-0.15, -0.1) is 0 Å². The first-order valence-corrected chi connectivity index (χ1v) is 9.02. The van der Waals surface area contributed by atoms with Gasteiger partial charge in [0.1, 0.15) is 0 Å². The number of hydrogen-bond donors (Lipinski definition) is 1. The van der Waals surface area contributed by atoms with Gasteiger partial charge in [-0.1, -0.05) is 23.3 Å². The van der Waals surface area contributed by atoms with Gasteiger partial charge in [-0.3, -0.25) is 9.59 Å². The van der Waals surface area contributed by atoms with Gasteiger partial charge in [0.25, 0.3) is 0 Å². The quantitative estimate of drug-likeness (QED) is 0.836. The van der Waals surface area contributed by atoms with E-state index in [9.17, 15) is 9.59 Å². The number of rotatable bonds is 4. The maximum atomic E-state index is 12.4. The van der Waals surface area contributed by atoms with E-state index in [-0.39, 0.29) is 11.8 Å². The molecule has 2 aliphatic rings. The third-order valence-electron chi connectivity index (χ3n) is 4.98. The van der Waals surface area contributed by atoms with Crippen molar-refractivity contribution in [3.05, 3.63) is 33.9 Å². The first kappa shape index (κ1) is 18.0. The minimum absolute atomic E-state index is 0.0395. The number of hydrogen-bond acceptors (Lipinski definition) is 3. The standard InChI is InChI=1S/C19H23ClN2O3/c1-13-16(9-17(20)10-18(13)21-12-23)8-14-2-5-22(6-3-14)19(24)15-4-7-25-11-15/h8-10,12,15H,2-7,11H2,1H3,(H,21,23). The lowest BCUT2D eigenvalue weighted by Gasteiger charge is -2.30. The van der Waals surface area contributed by atoms with Gasteiger partial charge in [-0.05, 0) is 49.4 Å². The van der Waals surface area contributed by atoms with Crippen molar-refractivity contribution < 1.29 is 14.3 Å². The molecular formula is C19H23ClN2O3. The van der Waals surface area contributed by atoms with Gasteiger partial charge < -0.3 is 15.0 Å². The predicted octanol–water partition coefficient (Wildman–Crippen LogP) is 3.26. The Labute approximate surface area is 153 Å². The van der Waals surface area contributed by atoms with Crippen LogP contribution in [0.4, 0.5) is 5.69 Å². The molecule has 0 saturated carbocycles. The molecule has 0 spiro atoms. The summed E-state index contributed by atoms with van der Waals surface area (Å²) in [5.41, 5.74) is 4.03. The maximum absolute atomic E-state index is 12.4. The van der Waals surface area contributed by atoms with Crippen molar-refractivity contribution in [1.82, 2.24) is 4.90 Å². The van der Waals surface area contributed by atoms with Crippen molar-refractivity contribution in [2.24, 2.45) is 5.92 Å². The lowest BCUT2D eigenvalue weighted by molar-refractivity contribution is -0.135. The van der Waals surface area contributed by atoms with Crippen molar-refractivity contribution >= 4 is 35.7 Å². The summed E-state index contributed by atoms with van der Waals surface area (Å²) < 4.78 is 5.32. The van der Waals surface area contributed by atoms with E-state index in [0.29, 0.717) is 24.6 Å². The van der Waals surface area contributed by atoms with Crippen LogP contribution in [0.1, 0.15) is 30.4 Å². The predicted molar refractivity (Wildman–Crippen MR) is 98.6 cm³/mol. The monoisotopic (exact) mass is 362 g/mol. The van der Waals surface area contributed by atoms with Crippen molar-refractivity contribution in [3.8, 4) is 0 Å². The lowest BCUT2D eigenvalue weighted by atomic mass is 9.97. The molecule has 0 radical (unpaired) electrons. The Balaban J connectivity index is 1.68. The second-order valence-electron chi connectivity index (χ2n) is 6.62. The minimum Gasteiger partial charge on any atom is -0.381 e. The molecule has 1 N–H and O–H groups in total. The van der Waals surface area contributed by atoms with Crippen molar-refractivity contribution in [3.63, 3.8) is 0 Å². The third kappa shape index (κ3) is 4.22. The van der Waals surface area contributed by atoms with Crippen molar-refractivity contribution in [2.75, 3.05) is 31.6 Å². The lowest BCUT2D eigenvalue weighted by Crippen LogP contribution is -2.40. The molecule has 0 aromatic heterocycles. The summed E-state index contributed by atoms with van der Waals surface area (Å²) in [6.07, 6.45) is 5.36. The highest BCUT2D eigenvalue weighted by Gasteiger charge is 2.29. The Morgan fingerprint density at radius 2 is 2.12 bits per heavy atom. The third-order valence-corrected chi connectivity index (χ3v) is 5.20. The molecule has 6 heteroatoms. The molecule has 2 saturated heterocycles. The number of benzene rings is 1. The largest absolute Gasteiger partial charge is 0.381 e. The normalized spacial score (nSPS) is 20.5. The van der Waals surface area contributed by atoms with Gasteiger partial charge in [0.05, 0.1) is 12.5 Å². The summed E-state index contributed by atoms with van der Waals surface area (Å²) in [5.74, 6) is 0.269. The van der Waals surface area contributed by atoms with Crippen LogP contribution in [0.25, 0.3) is 6.08 Å². The molecular weight excluding hydrogens is 340 g/mol. The summed E-state index contributed by atoms with van der Waals surface area (Å²) in [6.45, 7) is 4.72. The van der Waals surface area contributed by atoms with Gasteiger partial charge in [0, 0.05) is 30.4 Å². The fourth-order valence-corrected chi connectivity index (χ4v) is 3.66. The molecule has 0 aliphatic carbocycles. The van der Waals surface area contributed by atoms with Gasteiger partial charge in [0.2, 0.25) is 12.3 Å². The van der Waals surface area contributed by atoms with E-state index in [1.54, 1.807) is 6.07 Å². The van der Waals surface area contributed by atoms with Crippen LogP contribution in [0.3, 0.4) is 0 Å². The highest BCUT2D eigenvalue weighted by atomic mass is 35.5. The number of halogens is 1. The van der Waals surface area contributed by atoms with E-state index >= 15 is 0 Å². The topological polar surface area (TPSA) is 58.6 Å². The minimum atomic E-state index is 0.0395. The number of carbonyl (C=O) groups excluding carboxylic acids is 2. The summed E-state index contributed by atoms with van der Waals surface area (Å²) in [7, 11) is 0. The van der Waals surface area contributed by atoms with Crippen LogP contribution >= 0.6 is 11.6 Å². The Hall–Kier alpha value is -1.85. The average molecular weight is 363 g/mol. The van der Waals surface area contributed by atoms with E-state index in [2.05, 4.69) is 11.4 Å². The molecule has 2 aliphatic heterocycles. The van der Waals surface area contributed by atoms with E-state index in [1.165, 1.54) is 5.57 Å². The Morgan fingerprint density at radius 1 is 1.36 bits per heavy atom. The molecule has 25 heavy (non-hydrogen) atoms. The second-order valence-corrected chi connectivity index (χ2v) is 7.05. The second kappa shape index (κ2) is 8.02. The summed E-state index contributed by atoms with van der Waals surface area (Å²) in [5, 5.41) is 3.28. The van der Waals surface area contributed by atoms with Crippen LogP contribution < -0.4 is 5.32 Å². The molecule has 2 amide bonds. The molecule has 3 rings (SSSR count).